The summed E-state index contributed by atoms with van der Waals surface area (Å²) in [5, 5.41) is 3.05. The molecule has 0 heterocycles. The summed E-state index contributed by atoms with van der Waals surface area (Å²) in [5.74, 6) is 0.354. The van der Waals surface area contributed by atoms with Crippen LogP contribution in [0.15, 0.2) is 89.8 Å². The molecule has 3 aromatic carbocycles. The standard InChI is InChI=1S/C27H32N2O4S/c1-4-33-26-18-12-11-17-25(26)29(34(31,32)23-15-9-6-10-16-23)20-27(30)28-24(19-21(2)3)22-13-7-5-8-14-22/h5-18,21,24H,4,19-20H2,1-3H3,(H,28,30)/t24-/m0/s1. The van der Waals surface area contributed by atoms with Crippen molar-refractivity contribution < 1.29 is 17.9 Å². The Morgan fingerprint density at radius 3 is 2.12 bits per heavy atom. The zero-order valence-electron chi connectivity index (χ0n) is 19.8. The van der Waals surface area contributed by atoms with Crippen molar-refractivity contribution in [3.8, 4) is 5.75 Å². The largest absolute Gasteiger partial charge is 0.492 e. The SMILES string of the molecule is CCOc1ccccc1N(CC(=O)N[C@@H](CC(C)C)c1ccccc1)S(=O)(=O)c1ccccc1. The smallest absolute Gasteiger partial charge is 0.264 e. The summed E-state index contributed by atoms with van der Waals surface area (Å²) >= 11 is 0. The van der Waals surface area contributed by atoms with Crippen molar-refractivity contribution in [1.82, 2.24) is 5.32 Å². The van der Waals surface area contributed by atoms with Crippen molar-refractivity contribution in [2.45, 2.75) is 38.1 Å². The minimum atomic E-state index is -4.02. The molecule has 0 saturated heterocycles. The van der Waals surface area contributed by atoms with E-state index in [9.17, 15) is 13.2 Å². The van der Waals surface area contributed by atoms with Crippen LogP contribution in [0.5, 0.6) is 5.75 Å². The lowest BCUT2D eigenvalue weighted by molar-refractivity contribution is -0.120. The lowest BCUT2D eigenvalue weighted by Gasteiger charge is -2.27. The van der Waals surface area contributed by atoms with Gasteiger partial charge in [-0.2, -0.15) is 0 Å². The van der Waals surface area contributed by atoms with E-state index < -0.39 is 10.0 Å². The average molecular weight is 481 g/mol. The first-order chi connectivity index (χ1) is 16.3. The van der Waals surface area contributed by atoms with Gasteiger partial charge in [-0.05, 0) is 49.1 Å². The Bertz CT molecular complexity index is 1170. The summed E-state index contributed by atoms with van der Waals surface area (Å²) < 4.78 is 34.1. The van der Waals surface area contributed by atoms with Crippen molar-refractivity contribution in [2.24, 2.45) is 5.92 Å². The molecule has 0 aliphatic carbocycles. The number of nitrogens with one attached hydrogen (secondary N) is 1. The fourth-order valence-corrected chi connectivity index (χ4v) is 5.22. The third-order valence-corrected chi connectivity index (χ3v) is 7.07. The van der Waals surface area contributed by atoms with E-state index in [1.807, 2.05) is 37.3 Å². The highest BCUT2D eigenvalue weighted by Gasteiger charge is 2.30. The number of amides is 1. The zero-order chi connectivity index (χ0) is 24.6. The highest BCUT2D eigenvalue weighted by Crippen LogP contribution is 2.32. The maximum atomic E-state index is 13.6. The number of hydrogen-bond acceptors (Lipinski definition) is 4. The average Bonchev–Trinajstić information content (AvgIpc) is 2.83. The van der Waals surface area contributed by atoms with Gasteiger partial charge in [0.25, 0.3) is 10.0 Å². The summed E-state index contributed by atoms with van der Waals surface area (Å²) in [5.41, 5.74) is 1.31. The normalized spacial score (nSPS) is 12.2. The molecule has 3 aromatic rings. The molecule has 34 heavy (non-hydrogen) atoms. The molecule has 0 unspecified atom stereocenters. The van der Waals surface area contributed by atoms with Crippen LogP contribution in [0.1, 0.15) is 38.8 Å². The summed E-state index contributed by atoms with van der Waals surface area (Å²) in [6.07, 6.45) is 0.733. The van der Waals surface area contributed by atoms with Gasteiger partial charge in [-0.15, -0.1) is 0 Å². The van der Waals surface area contributed by atoms with Gasteiger partial charge in [0.15, 0.2) is 0 Å². The van der Waals surface area contributed by atoms with Gasteiger partial charge in [-0.3, -0.25) is 9.10 Å². The first-order valence-electron chi connectivity index (χ1n) is 11.5. The molecule has 0 spiro atoms. The van der Waals surface area contributed by atoms with Crippen LogP contribution in [0.3, 0.4) is 0 Å². The maximum Gasteiger partial charge on any atom is 0.264 e. The van der Waals surface area contributed by atoms with Gasteiger partial charge in [0, 0.05) is 0 Å². The van der Waals surface area contributed by atoms with Crippen LogP contribution in [0.25, 0.3) is 0 Å². The van der Waals surface area contributed by atoms with Gasteiger partial charge < -0.3 is 10.1 Å². The van der Waals surface area contributed by atoms with Crippen molar-refractivity contribution in [3.63, 3.8) is 0 Å². The number of hydrogen-bond donors (Lipinski definition) is 1. The number of anilines is 1. The second kappa shape index (κ2) is 11.7. The van der Waals surface area contributed by atoms with E-state index in [0.717, 1.165) is 16.3 Å². The van der Waals surface area contributed by atoms with Crippen molar-refractivity contribution in [1.29, 1.82) is 0 Å². The van der Waals surface area contributed by atoms with Crippen LogP contribution in [0.2, 0.25) is 0 Å². The fourth-order valence-electron chi connectivity index (χ4n) is 3.77. The first-order valence-corrected chi connectivity index (χ1v) is 12.9. The van der Waals surface area contributed by atoms with E-state index in [1.54, 1.807) is 42.5 Å². The van der Waals surface area contributed by atoms with Crippen molar-refractivity contribution in [2.75, 3.05) is 17.5 Å². The molecule has 1 atom stereocenters. The number of sulfonamides is 1. The van der Waals surface area contributed by atoms with E-state index >= 15 is 0 Å². The number of benzene rings is 3. The summed E-state index contributed by atoms with van der Waals surface area (Å²) in [4.78, 5) is 13.4. The molecule has 7 heteroatoms. The Balaban J connectivity index is 1.96. The summed E-state index contributed by atoms with van der Waals surface area (Å²) in [6.45, 7) is 6.00. The molecular weight excluding hydrogens is 448 g/mol. The number of ether oxygens (including phenoxy) is 1. The molecular formula is C27H32N2O4S. The van der Waals surface area contributed by atoms with Crippen molar-refractivity contribution in [3.05, 3.63) is 90.5 Å². The highest BCUT2D eigenvalue weighted by molar-refractivity contribution is 7.92. The molecule has 1 amide bonds. The number of rotatable bonds is 11. The van der Waals surface area contributed by atoms with Gasteiger partial charge in [-0.25, -0.2) is 8.42 Å². The third-order valence-electron chi connectivity index (χ3n) is 5.30. The van der Waals surface area contributed by atoms with E-state index in [2.05, 4.69) is 19.2 Å². The second-order valence-corrected chi connectivity index (χ2v) is 10.2. The van der Waals surface area contributed by atoms with Crippen LogP contribution in [0.4, 0.5) is 5.69 Å². The van der Waals surface area contributed by atoms with Crippen LogP contribution in [-0.4, -0.2) is 27.5 Å². The molecule has 6 nitrogen and oxygen atoms in total. The fraction of sp³-hybridized carbons (Fsp3) is 0.296. The lowest BCUT2D eigenvalue weighted by atomic mass is 9.97. The minimum Gasteiger partial charge on any atom is -0.492 e. The third kappa shape index (κ3) is 6.38. The predicted octanol–water partition coefficient (Wildman–Crippen LogP) is 5.18. The Hall–Kier alpha value is -3.32. The summed E-state index contributed by atoms with van der Waals surface area (Å²) in [6, 6.07) is 24.5. The Morgan fingerprint density at radius 1 is 0.912 bits per heavy atom. The maximum absolute atomic E-state index is 13.6. The monoisotopic (exact) mass is 480 g/mol. The van der Waals surface area contributed by atoms with Gasteiger partial charge in [0.1, 0.15) is 12.3 Å². The minimum absolute atomic E-state index is 0.107. The number of carbonyl (C=O) groups is 1. The van der Waals surface area contributed by atoms with Gasteiger partial charge >= 0.3 is 0 Å². The molecule has 0 aliphatic heterocycles. The molecule has 0 saturated carbocycles. The van der Waals surface area contributed by atoms with E-state index in [1.165, 1.54) is 12.1 Å². The molecule has 3 rings (SSSR count). The van der Waals surface area contributed by atoms with Gasteiger partial charge in [0.2, 0.25) is 5.91 Å². The van der Waals surface area contributed by atoms with Crippen LogP contribution >= 0.6 is 0 Å². The highest BCUT2D eigenvalue weighted by atomic mass is 32.2. The molecule has 0 radical (unpaired) electrons. The molecule has 1 N–H and O–H groups in total. The Kier molecular flexibility index (Phi) is 8.71. The van der Waals surface area contributed by atoms with E-state index in [-0.39, 0.29) is 23.4 Å². The number of nitrogens with zero attached hydrogens (tertiary/aromatic N) is 1. The molecule has 180 valence electrons. The predicted molar refractivity (Wildman–Crippen MR) is 135 cm³/mol. The number of para-hydroxylation sites is 2. The summed E-state index contributed by atoms with van der Waals surface area (Å²) in [7, 11) is -4.02. The van der Waals surface area contributed by atoms with E-state index in [4.69, 9.17) is 4.74 Å². The molecule has 0 bridgehead atoms. The quantitative estimate of drug-likeness (QED) is 0.410. The van der Waals surface area contributed by atoms with Gasteiger partial charge in [0.05, 0.1) is 23.2 Å². The van der Waals surface area contributed by atoms with Crippen molar-refractivity contribution >= 4 is 21.6 Å². The van der Waals surface area contributed by atoms with Crippen LogP contribution in [0, 0.1) is 5.92 Å². The Labute approximate surface area is 202 Å². The van der Waals surface area contributed by atoms with E-state index in [0.29, 0.717) is 24.0 Å². The van der Waals surface area contributed by atoms with Crippen LogP contribution < -0.4 is 14.4 Å². The molecule has 0 aromatic heterocycles. The zero-order valence-corrected chi connectivity index (χ0v) is 20.7. The second-order valence-electron chi connectivity index (χ2n) is 8.39. The lowest BCUT2D eigenvalue weighted by Crippen LogP contribution is -2.42. The van der Waals surface area contributed by atoms with Gasteiger partial charge in [-0.1, -0.05) is 74.5 Å². The molecule has 0 aliphatic rings. The van der Waals surface area contributed by atoms with Crippen LogP contribution in [-0.2, 0) is 14.8 Å². The first kappa shape index (κ1) is 25.3. The molecule has 0 fully saturated rings. The number of carbonyl (C=O) groups excluding carboxylic acids is 1. The Morgan fingerprint density at radius 2 is 1.50 bits per heavy atom. The topological polar surface area (TPSA) is 75.7 Å².